The van der Waals surface area contributed by atoms with E-state index in [4.69, 9.17) is 0 Å². The molecule has 1 heterocycles. The van der Waals surface area contributed by atoms with Gasteiger partial charge < -0.3 is 10.2 Å². The predicted octanol–water partition coefficient (Wildman–Crippen LogP) is 0.507. The van der Waals surface area contributed by atoms with Crippen LogP contribution in [0.25, 0.3) is 0 Å². The van der Waals surface area contributed by atoms with Crippen molar-refractivity contribution in [2.75, 3.05) is 37.0 Å². The molecule has 1 aromatic rings. The predicted molar refractivity (Wildman–Crippen MR) is 77.2 cm³/mol. The summed E-state index contributed by atoms with van der Waals surface area (Å²) in [5.74, 6) is -0.745. The lowest BCUT2D eigenvalue weighted by molar-refractivity contribution is -0.385. The fourth-order valence-corrected chi connectivity index (χ4v) is 3.31. The molecule has 114 valence electrons. The molecule has 0 aromatic heterocycles. The van der Waals surface area contributed by atoms with Gasteiger partial charge in [-0.3, -0.25) is 14.9 Å². The molecule has 1 saturated heterocycles. The molecule has 9 heteroatoms. The average molecular weight is 313 g/mol. The van der Waals surface area contributed by atoms with Crippen LogP contribution in [-0.4, -0.2) is 55.8 Å². The van der Waals surface area contributed by atoms with Crippen molar-refractivity contribution >= 4 is 27.1 Å². The molecule has 0 saturated carbocycles. The van der Waals surface area contributed by atoms with E-state index in [1.165, 1.54) is 23.1 Å². The second kappa shape index (κ2) is 5.68. The highest BCUT2D eigenvalue weighted by molar-refractivity contribution is 7.91. The lowest BCUT2D eigenvalue weighted by Crippen LogP contribution is -2.43. The fourth-order valence-electron chi connectivity index (χ4n) is 2.11. The van der Waals surface area contributed by atoms with Crippen LogP contribution in [0.4, 0.5) is 11.4 Å². The zero-order valence-electron chi connectivity index (χ0n) is 11.4. The molecule has 2 rings (SSSR count). The molecule has 1 fully saturated rings. The van der Waals surface area contributed by atoms with Crippen molar-refractivity contribution in [2.45, 2.75) is 0 Å². The Morgan fingerprint density at radius 2 is 1.95 bits per heavy atom. The number of benzene rings is 1. The minimum atomic E-state index is -3.11. The summed E-state index contributed by atoms with van der Waals surface area (Å²) in [7, 11) is -1.47. The van der Waals surface area contributed by atoms with Gasteiger partial charge in [0.2, 0.25) is 0 Å². The molecule has 0 radical (unpaired) electrons. The van der Waals surface area contributed by atoms with E-state index in [2.05, 4.69) is 5.32 Å². The van der Waals surface area contributed by atoms with Crippen LogP contribution in [0.2, 0.25) is 0 Å². The summed E-state index contributed by atoms with van der Waals surface area (Å²) in [6.45, 7) is 0.115. The van der Waals surface area contributed by atoms with Crippen molar-refractivity contribution in [2.24, 2.45) is 0 Å². The van der Waals surface area contributed by atoms with E-state index in [1.807, 2.05) is 0 Å². The second-order valence-corrected chi connectivity index (χ2v) is 6.99. The third-order valence-electron chi connectivity index (χ3n) is 3.34. The van der Waals surface area contributed by atoms with Gasteiger partial charge in [-0.25, -0.2) is 8.42 Å². The lowest BCUT2D eigenvalue weighted by Gasteiger charge is -2.26. The number of nitro benzene ring substituents is 1. The average Bonchev–Trinajstić information content (AvgIpc) is 2.45. The van der Waals surface area contributed by atoms with Crippen LogP contribution in [0.3, 0.4) is 0 Å². The van der Waals surface area contributed by atoms with E-state index in [-0.39, 0.29) is 35.8 Å². The van der Waals surface area contributed by atoms with Crippen molar-refractivity contribution in [1.82, 2.24) is 4.90 Å². The molecule has 1 N–H and O–H groups in total. The van der Waals surface area contributed by atoms with Crippen LogP contribution >= 0.6 is 0 Å². The number of hydrogen-bond acceptors (Lipinski definition) is 6. The largest absolute Gasteiger partial charge is 0.388 e. The van der Waals surface area contributed by atoms with Gasteiger partial charge in [-0.2, -0.15) is 0 Å². The summed E-state index contributed by atoms with van der Waals surface area (Å²) >= 11 is 0. The van der Waals surface area contributed by atoms with Gasteiger partial charge in [0.1, 0.15) is 5.56 Å². The number of anilines is 1. The minimum Gasteiger partial charge on any atom is -0.388 e. The molecule has 1 amide bonds. The Balaban J connectivity index is 2.32. The van der Waals surface area contributed by atoms with Crippen LogP contribution < -0.4 is 5.32 Å². The maximum atomic E-state index is 12.4. The number of nitrogens with one attached hydrogen (secondary N) is 1. The zero-order valence-corrected chi connectivity index (χ0v) is 12.2. The maximum absolute atomic E-state index is 12.4. The maximum Gasteiger partial charge on any atom is 0.282 e. The number of nitrogens with zero attached hydrogens (tertiary/aromatic N) is 2. The molecule has 8 nitrogen and oxygen atoms in total. The number of sulfone groups is 1. The number of amides is 1. The summed E-state index contributed by atoms with van der Waals surface area (Å²) < 4.78 is 22.7. The number of carbonyl (C=O) groups excluding carboxylic acids is 1. The third-order valence-corrected chi connectivity index (χ3v) is 4.95. The molecule has 0 bridgehead atoms. The Labute approximate surface area is 121 Å². The van der Waals surface area contributed by atoms with Gasteiger partial charge in [-0.1, -0.05) is 0 Å². The molecule has 1 aromatic carbocycles. The molecule has 0 atom stereocenters. The summed E-state index contributed by atoms with van der Waals surface area (Å²) in [6, 6.07) is 4.18. The Hall–Kier alpha value is -2.16. The normalized spacial score (nSPS) is 17.3. The van der Waals surface area contributed by atoms with Crippen LogP contribution in [0.5, 0.6) is 0 Å². The van der Waals surface area contributed by atoms with Crippen molar-refractivity contribution in [3.05, 3.63) is 33.9 Å². The highest BCUT2D eigenvalue weighted by atomic mass is 32.2. The Bertz CT molecular complexity index is 672. The van der Waals surface area contributed by atoms with E-state index in [0.29, 0.717) is 5.69 Å². The third kappa shape index (κ3) is 3.30. The van der Waals surface area contributed by atoms with Gasteiger partial charge in [0.15, 0.2) is 9.84 Å². The standard InChI is InChI=1S/C12H15N3O5S/c1-13-9-2-3-11(15(17)18)10(8-9)12(16)14-4-6-21(19,20)7-5-14/h2-3,8,13H,4-7H2,1H3. The van der Waals surface area contributed by atoms with Crippen molar-refractivity contribution < 1.29 is 18.1 Å². The first-order valence-electron chi connectivity index (χ1n) is 6.30. The Morgan fingerprint density at radius 1 is 1.33 bits per heavy atom. The van der Waals surface area contributed by atoms with Gasteiger partial charge in [0.25, 0.3) is 11.6 Å². The molecule has 1 aliphatic rings. The summed E-state index contributed by atoms with van der Waals surface area (Å²) in [5, 5.41) is 13.8. The monoisotopic (exact) mass is 313 g/mol. The van der Waals surface area contributed by atoms with Crippen molar-refractivity contribution in [3.8, 4) is 0 Å². The second-order valence-electron chi connectivity index (χ2n) is 4.68. The number of rotatable bonds is 3. The van der Waals surface area contributed by atoms with E-state index >= 15 is 0 Å². The number of carbonyl (C=O) groups is 1. The van der Waals surface area contributed by atoms with Crippen LogP contribution in [-0.2, 0) is 9.84 Å². The highest BCUT2D eigenvalue weighted by Gasteiger charge is 2.29. The summed E-state index contributed by atoms with van der Waals surface area (Å²) in [5.41, 5.74) is 0.257. The number of nitro groups is 1. The molecular formula is C12H15N3O5S. The van der Waals surface area contributed by atoms with Crippen molar-refractivity contribution in [1.29, 1.82) is 0 Å². The topological polar surface area (TPSA) is 110 Å². The number of hydrogen-bond donors (Lipinski definition) is 1. The summed E-state index contributed by atoms with van der Waals surface area (Å²) in [4.78, 5) is 24.2. The molecule has 0 spiro atoms. The van der Waals surface area contributed by atoms with E-state index < -0.39 is 20.7 Å². The van der Waals surface area contributed by atoms with E-state index in [1.54, 1.807) is 7.05 Å². The first kappa shape index (κ1) is 15.2. The summed E-state index contributed by atoms with van der Waals surface area (Å²) in [6.07, 6.45) is 0. The van der Waals surface area contributed by atoms with Crippen molar-refractivity contribution in [3.63, 3.8) is 0 Å². The van der Waals surface area contributed by atoms with Gasteiger partial charge in [0.05, 0.1) is 16.4 Å². The van der Waals surface area contributed by atoms with Crippen LogP contribution in [0.1, 0.15) is 10.4 Å². The van der Waals surface area contributed by atoms with Gasteiger partial charge in [0, 0.05) is 31.9 Å². The lowest BCUT2D eigenvalue weighted by atomic mass is 10.1. The molecule has 1 aliphatic heterocycles. The van der Waals surface area contributed by atoms with Gasteiger partial charge >= 0.3 is 0 Å². The quantitative estimate of drug-likeness (QED) is 0.643. The minimum absolute atomic E-state index is 0.0360. The smallest absolute Gasteiger partial charge is 0.282 e. The van der Waals surface area contributed by atoms with Gasteiger partial charge in [-0.05, 0) is 12.1 Å². The first-order chi connectivity index (χ1) is 9.84. The van der Waals surface area contributed by atoms with E-state index in [9.17, 15) is 23.3 Å². The Morgan fingerprint density at radius 3 is 2.48 bits per heavy atom. The zero-order chi connectivity index (χ0) is 15.6. The Kier molecular flexibility index (Phi) is 4.12. The van der Waals surface area contributed by atoms with Crippen LogP contribution in [0, 0.1) is 10.1 Å². The SMILES string of the molecule is CNc1ccc([N+](=O)[O-])c(C(=O)N2CCS(=O)(=O)CC2)c1. The first-order valence-corrected chi connectivity index (χ1v) is 8.12. The molecule has 0 unspecified atom stereocenters. The van der Waals surface area contributed by atoms with E-state index in [0.717, 1.165) is 0 Å². The molecule has 0 aliphatic carbocycles. The fraction of sp³-hybridized carbons (Fsp3) is 0.417. The molecular weight excluding hydrogens is 298 g/mol. The highest BCUT2D eigenvalue weighted by Crippen LogP contribution is 2.24. The van der Waals surface area contributed by atoms with Crippen LogP contribution in [0.15, 0.2) is 18.2 Å². The van der Waals surface area contributed by atoms with Gasteiger partial charge in [-0.15, -0.1) is 0 Å². The molecule has 21 heavy (non-hydrogen) atoms.